The van der Waals surface area contributed by atoms with Crippen LogP contribution in [0.25, 0.3) is 10.9 Å². The third-order valence-electron chi connectivity index (χ3n) is 5.31. The van der Waals surface area contributed by atoms with Crippen molar-refractivity contribution in [1.29, 1.82) is 0 Å². The molecule has 0 amide bonds. The number of sulfonamides is 1. The Morgan fingerprint density at radius 1 is 1.06 bits per heavy atom. The molecular weight excluding hydrogens is 428 g/mol. The first kappa shape index (κ1) is 21.2. The van der Waals surface area contributed by atoms with Gasteiger partial charge in [0.05, 0.1) is 22.4 Å². The molecule has 4 rings (SSSR count). The minimum absolute atomic E-state index is 0.0803. The van der Waals surface area contributed by atoms with Crippen molar-refractivity contribution in [2.24, 2.45) is 5.92 Å². The molecule has 1 aliphatic rings. The maximum atomic E-state index is 13.5. The molecule has 0 radical (unpaired) electrons. The van der Waals surface area contributed by atoms with Gasteiger partial charge < -0.3 is 16.2 Å². The van der Waals surface area contributed by atoms with Crippen LogP contribution in [0.4, 0.5) is 20.5 Å². The molecule has 0 aliphatic carbocycles. The molecule has 1 fully saturated rings. The van der Waals surface area contributed by atoms with E-state index >= 15 is 0 Å². The fourth-order valence-electron chi connectivity index (χ4n) is 3.63. The first-order valence-corrected chi connectivity index (χ1v) is 11.1. The zero-order valence-electron chi connectivity index (χ0n) is 16.5. The summed E-state index contributed by atoms with van der Waals surface area (Å²) in [6.45, 7) is 0.876. The van der Waals surface area contributed by atoms with Gasteiger partial charge >= 0.3 is 0 Å². The number of halogens is 2. The summed E-state index contributed by atoms with van der Waals surface area (Å²) in [6, 6.07) is 7.90. The number of hydrogen-bond donors (Lipinski definition) is 2. The number of nitrogens with zero attached hydrogens (tertiary/aromatic N) is 3. The molecule has 0 bridgehead atoms. The fraction of sp³-hybridized carbons (Fsp3) is 0.300. The van der Waals surface area contributed by atoms with E-state index in [0.29, 0.717) is 42.2 Å². The first-order valence-electron chi connectivity index (χ1n) is 9.65. The van der Waals surface area contributed by atoms with Crippen molar-refractivity contribution >= 4 is 32.7 Å². The minimum Gasteiger partial charge on any atom is -0.492 e. The van der Waals surface area contributed by atoms with E-state index in [2.05, 4.69) is 9.97 Å². The third kappa shape index (κ3) is 4.23. The molecule has 1 aromatic heterocycles. The number of benzene rings is 2. The van der Waals surface area contributed by atoms with Gasteiger partial charge in [-0.3, -0.25) is 0 Å². The standard InChI is InChI=1S/C20H21F2N5O3S/c21-14-5-4-13(10-15(14)22)31(28,29)27-8-6-12(7-9-27)11-30-17-3-1-2-16-18(17)19(23)26-20(24)25-16/h1-5,10,12H,6-9,11H2,(H4,23,24,25,26). The van der Waals surface area contributed by atoms with Crippen LogP contribution in [0.3, 0.4) is 0 Å². The van der Waals surface area contributed by atoms with E-state index in [9.17, 15) is 17.2 Å². The molecule has 31 heavy (non-hydrogen) atoms. The van der Waals surface area contributed by atoms with Crippen LogP contribution in [0.2, 0.25) is 0 Å². The summed E-state index contributed by atoms with van der Waals surface area (Å²) in [7, 11) is -3.89. The molecule has 1 saturated heterocycles. The van der Waals surface area contributed by atoms with Crippen molar-refractivity contribution in [2.75, 3.05) is 31.2 Å². The number of anilines is 2. The van der Waals surface area contributed by atoms with Crippen LogP contribution in [0.5, 0.6) is 5.75 Å². The van der Waals surface area contributed by atoms with Crippen LogP contribution in [0.1, 0.15) is 12.8 Å². The summed E-state index contributed by atoms with van der Waals surface area (Å²) >= 11 is 0. The van der Waals surface area contributed by atoms with Gasteiger partial charge in [0.25, 0.3) is 0 Å². The van der Waals surface area contributed by atoms with Gasteiger partial charge in [0, 0.05) is 13.1 Å². The molecule has 1 aliphatic heterocycles. The van der Waals surface area contributed by atoms with Crippen LogP contribution in [0, 0.1) is 17.6 Å². The van der Waals surface area contributed by atoms with Gasteiger partial charge in [-0.05, 0) is 49.1 Å². The lowest BCUT2D eigenvalue weighted by atomic mass is 9.99. The summed E-state index contributed by atoms with van der Waals surface area (Å²) in [4.78, 5) is 7.87. The van der Waals surface area contributed by atoms with Crippen molar-refractivity contribution in [2.45, 2.75) is 17.7 Å². The van der Waals surface area contributed by atoms with Crippen molar-refractivity contribution in [3.05, 3.63) is 48.0 Å². The van der Waals surface area contributed by atoms with Crippen LogP contribution < -0.4 is 16.2 Å². The molecule has 0 spiro atoms. The van der Waals surface area contributed by atoms with Crippen molar-refractivity contribution in [3.63, 3.8) is 0 Å². The van der Waals surface area contributed by atoms with E-state index in [1.165, 1.54) is 4.31 Å². The fourth-order valence-corrected chi connectivity index (χ4v) is 5.11. The summed E-state index contributed by atoms with van der Waals surface area (Å²) in [5.74, 6) is -1.32. The zero-order valence-corrected chi connectivity index (χ0v) is 17.3. The van der Waals surface area contributed by atoms with E-state index in [-0.39, 0.29) is 35.7 Å². The average molecular weight is 449 g/mol. The number of nitrogens with two attached hydrogens (primary N) is 2. The van der Waals surface area contributed by atoms with E-state index in [1.807, 2.05) is 0 Å². The monoisotopic (exact) mass is 449 g/mol. The van der Waals surface area contributed by atoms with Gasteiger partial charge in [-0.15, -0.1) is 0 Å². The second-order valence-electron chi connectivity index (χ2n) is 7.35. The van der Waals surface area contributed by atoms with Gasteiger partial charge in [-0.2, -0.15) is 9.29 Å². The highest BCUT2D eigenvalue weighted by atomic mass is 32.2. The largest absolute Gasteiger partial charge is 0.492 e. The molecule has 8 nitrogen and oxygen atoms in total. The Kier molecular flexibility index (Phi) is 5.63. The second-order valence-corrected chi connectivity index (χ2v) is 9.29. The van der Waals surface area contributed by atoms with E-state index in [1.54, 1.807) is 18.2 Å². The predicted molar refractivity (Wildman–Crippen MR) is 112 cm³/mol. The van der Waals surface area contributed by atoms with Gasteiger partial charge in [0.1, 0.15) is 11.6 Å². The number of nitrogen functional groups attached to an aromatic ring is 2. The number of rotatable bonds is 5. The summed E-state index contributed by atoms with van der Waals surface area (Å²) in [5.41, 5.74) is 12.2. The molecule has 4 N–H and O–H groups in total. The number of fused-ring (bicyclic) bond motifs is 1. The number of hydrogen-bond acceptors (Lipinski definition) is 7. The molecule has 2 heterocycles. The minimum atomic E-state index is -3.89. The average Bonchev–Trinajstić information content (AvgIpc) is 2.74. The smallest absolute Gasteiger partial charge is 0.243 e. The third-order valence-corrected chi connectivity index (χ3v) is 7.20. The van der Waals surface area contributed by atoms with E-state index in [0.717, 1.165) is 12.1 Å². The van der Waals surface area contributed by atoms with Gasteiger partial charge in [0.2, 0.25) is 16.0 Å². The topological polar surface area (TPSA) is 124 Å². The lowest BCUT2D eigenvalue weighted by Crippen LogP contribution is -2.39. The maximum Gasteiger partial charge on any atom is 0.243 e. The molecule has 0 saturated carbocycles. The zero-order chi connectivity index (χ0) is 22.2. The predicted octanol–water partition coefficient (Wildman–Crippen LogP) is 2.55. The lowest BCUT2D eigenvalue weighted by molar-refractivity contribution is 0.186. The quantitative estimate of drug-likeness (QED) is 0.613. The normalized spacial score (nSPS) is 15.9. The Balaban J connectivity index is 1.41. The molecule has 2 aromatic carbocycles. The Hall–Kier alpha value is -3.05. The molecule has 164 valence electrons. The van der Waals surface area contributed by atoms with Crippen LogP contribution in [-0.2, 0) is 10.0 Å². The Labute approximate surface area is 177 Å². The highest BCUT2D eigenvalue weighted by Gasteiger charge is 2.30. The first-order chi connectivity index (χ1) is 14.8. The van der Waals surface area contributed by atoms with E-state index < -0.39 is 21.7 Å². The van der Waals surface area contributed by atoms with Crippen LogP contribution in [0.15, 0.2) is 41.3 Å². The van der Waals surface area contributed by atoms with Crippen molar-refractivity contribution in [1.82, 2.24) is 14.3 Å². The number of ether oxygens (including phenoxy) is 1. The highest BCUT2D eigenvalue weighted by molar-refractivity contribution is 7.89. The molecule has 0 atom stereocenters. The second kappa shape index (κ2) is 8.23. The van der Waals surface area contributed by atoms with Crippen molar-refractivity contribution in [3.8, 4) is 5.75 Å². The van der Waals surface area contributed by atoms with Gasteiger partial charge in [-0.25, -0.2) is 22.2 Å². The summed E-state index contributed by atoms with van der Waals surface area (Å²) in [5, 5.41) is 0.579. The molecule has 11 heteroatoms. The maximum absolute atomic E-state index is 13.5. The summed E-state index contributed by atoms with van der Waals surface area (Å²) < 4.78 is 59.3. The molecular formula is C20H21F2N5O3S. The SMILES string of the molecule is Nc1nc(N)c2c(OCC3CCN(S(=O)(=O)c4ccc(F)c(F)c4)CC3)cccc2n1. The Bertz CT molecular complexity index is 1230. The van der Waals surface area contributed by atoms with Crippen LogP contribution >= 0.6 is 0 Å². The lowest BCUT2D eigenvalue weighted by Gasteiger charge is -2.31. The molecule has 0 unspecified atom stereocenters. The van der Waals surface area contributed by atoms with E-state index in [4.69, 9.17) is 16.2 Å². The Morgan fingerprint density at radius 3 is 2.52 bits per heavy atom. The van der Waals surface area contributed by atoms with Crippen molar-refractivity contribution < 1.29 is 21.9 Å². The molecule has 3 aromatic rings. The Morgan fingerprint density at radius 2 is 1.81 bits per heavy atom. The summed E-state index contributed by atoms with van der Waals surface area (Å²) in [6.07, 6.45) is 1.12. The van der Waals surface area contributed by atoms with Gasteiger partial charge in [-0.1, -0.05) is 6.07 Å². The number of aromatic nitrogens is 2. The van der Waals surface area contributed by atoms with Crippen LogP contribution in [-0.4, -0.2) is 42.4 Å². The number of piperidine rings is 1. The van der Waals surface area contributed by atoms with Gasteiger partial charge in [0.15, 0.2) is 11.6 Å². The highest BCUT2D eigenvalue weighted by Crippen LogP contribution is 2.31.